The molecule has 3 unspecified atom stereocenters. The first-order chi connectivity index (χ1) is 5.87. The molecule has 0 spiro atoms. The van der Waals surface area contributed by atoms with Gasteiger partial charge in [-0.05, 0) is 61.7 Å². The lowest BCUT2D eigenvalue weighted by Gasteiger charge is -2.42. The van der Waals surface area contributed by atoms with Crippen molar-refractivity contribution in [2.45, 2.75) is 51.9 Å². The van der Waals surface area contributed by atoms with E-state index in [0.29, 0.717) is 0 Å². The second-order valence-electron chi connectivity index (χ2n) is 5.36. The number of fused-ring (bicyclic) bond motifs is 3. The molecule has 0 aromatic carbocycles. The van der Waals surface area contributed by atoms with E-state index in [9.17, 15) is 0 Å². The molecule has 3 fully saturated rings. The maximum Gasteiger partial charge on any atom is -0.0241 e. The molecule has 0 aromatic heterocycles. The van der Waals surface area contributed by atoms with E-state index in [1.165, 1.54) is 18.3 Å². The molecule has 0 nitrogen and oxygen atoms in total. The van der Waals surface area contributed by atoms with Gasteiger partial charge in [0.05, 0.1) is 0 Å². The predicted molar refractivity (Wildman–Crippen MR) is 50.9 cm³/mol. The Hall–Kier alpha value is 0. The van der Waals surface area contributed by atoms with Crippen molar-refractivity contribution in [2.75, 3.05) is 0 Å². The molecule has 0 amide bonds. The Morgan fingerprint density at radius 1 is 1.25 bits per heavy atom. The summed E-state index contributed by atoms with van der Waals surface area (Å²) in [6.45, 7) is 2.44. The van der Waals surface area contributed by atoms with Gasteiger partial charge in [-0.25, -0.2) is 0 Å². The third kappa shape index (κ3) is 0.661. The van der Waals surface area contributed by atoms with Crippen LogP contribution in [0.2, 0.25) is 0 Å². The average molecular weight is 164 g/mol. The Bertz CT molecular complexity index is 192. The molecule has 3 aliphatic rings. The van der Waals surface area contributed by atoms with Crippen molar-refractivity contribution in [3.05, 3.63) is 0 Å². The van der Waals surface area contributed by atoms with Crippen LogP contribution in [0.15, 0.2) is 0 Å². The molecule has 3 rings (SSSR count). The van der Waals surface area contributed by atoms with Crippen LogP contribution in [0.25, 0.3) is 0 Å². The highest BCUT2D eigenvalue weighted by Crippen LogP contribution is 2.67. The molecule has 0 bridgehead atoms. The number of rotatable bonds is 1. The zero-order chi connectivity index (χ0) is 8.18. The molecule has 12 heavy (non-hydrogen) atoms. The van der Waals surface area contributed by atoms with Gasteiger partial charge < -0.3 is 0 Å². The average Bonchev–Trinajstić information content (AvgIpc) is 2.49. The molecule has 4 atom stereocenters. The second kappa shape index (κ2) is 2.27. The van der Waals surface area contributed by atoms with Crippen LogP contribution < -0.4 is 0 Å². The fraction of sp³-hybridized carbons (Fsp3) is 1.00. The highest BCUT2D eigenvalue weighted by molar-refractivity contribution is 5.07. The van der Waals surface area contributed by atoms with Gasteiger partial charge in [0.15, 0.2) is 0 Å². The minimum atomic E-state index is 0.864. The van der Waals surface area contributed by atoms with Crippen LogP contribution in [0, 0.1) is 23.2 Å². The Kier molecular flexibility index (Phi) is 1.40. The van der Waals surface area contributed by atoms with Crippen molar-refractivity contribution in [3.8, 4) is 0 Å². The number of hydrogen-bond acceptors (Lipinski definition) is 0. The van der Waals surface area contributed by atoms with Crippen molar-refractivity contribution in [3.63, 3.8) is 0 Å². The second-order valence-corrected chi connectivity index (χ2v) is 5.36. The molecular formula is C12H20. The highest BCUT2D eigenvalue weighted by Gasteiger charge is 2.58. The first-order valence-corrected chi connectivity index (χ1v) is 5.87. The SMILES string of the molecule is CCC12CCC[C@@H]1CC1CCC12. The van der Waals surface area contributed by atoms with Crippen molar-refractivity contribution in [1.29, 1.82) is 0 Å². The van der Waals surface area contributed by atoms with Gasteiger partial charge in [0.25, 0.3) is 0 Å². The summed E-state index contributed by atoms with van der Waals surface area (Å²) >= 11 is 0. The van der Waals surface area contributed by atoms with Gasteiger partial charge in [-0.3, -0.25) is 0 Å². The topological polar surface area (TPSA) is 0 Å². The van der Waals surface area contributed by atoms with Crippen molar-refractivity contribution < 1.29 is 0 Å². The summed E-state index contributed by atoms with van der Waals surface area (Å²) in [5.41, 5.74) is 0.864. The monoisotopic (exact) mass is 164 g/mol. The fourth-order valence-electron chi connectivity index (χ4n) is 4.71. The fourth-order valence-corrected chi connectivity index (χ4v) is 4.71. The molecule has 0 heterocycles. The zero-order valence-electron chi connectivity index (χ0n) is 8.18. The third-order valence-electron chi connectivity index (χ3n) is 5.41. The lowest BCUT2D eigenvalue weighted by molar-refractivity contribution is 0.0696. The predicted octanol–water partition coefficient (Wildman–Crippen LogP) is 3.61. The van der Waals surface area contributed by atoms with Gasteiger partial charge in [0.1, 0.15) is 0 Å². The summed E-state index contributed by atoms with van der Waals surface area (Å²) in [4.78, 5) is 0. The van der Waals surface area contributed by atoms with Crippen LogP contribution >= 0.6 is 0 Å². The van der Waals surface area contributed by atoms with E-state index in [-0.39, 0.29) is 0 Å². The van der Waals surface area contributed by atoms with Gasteiger partial charge in [0.2, 0.25) is 0 Å². The van der Waals surface area contributed by atoms with Gasteiger partial charge >= 0.3 is 0 Å². The van der Waals surface area contributed by atoms with Crippen LogP contribution in [-0.4, -0.2) is 0 Å². The van der Waals surface area contributed by atoms with E-state index in [4.69, 9.17) is 0 Å². The minimum absolute atomic E-state index is 0.864. The summed E-state index contributed by atoms with van der Waals surface area (Å²) in [5.74, 6) is 3.50. The van der Waals surface area contributed by atoms with E-state index in [0.717, 1.165) is 11.3 Å². The number of hydrogen-bond donors (Lipinski definition) is 0. The Balaban J connectivity index is 1.93. The molecule has 3 saturated carbocycles. The molecule has 0 aromatic rings. The summed E-state index contributed by atoms with van der Waals surface area (Å²) < 4.78 is 0. The Morgan fingerprint density at radius 2 is 2.17 bits per heavy atom. The van der Waals surface area contributed by atoms with E-state index in [1.807, 2.05) is 0 Å². The van der Waals surface area contributed by atoms with Gasteiger partial charge in [0, 0.05) is 0 Å². The van der Waals surface area contributed by atoms with Crippen LogP contribution in [0.3, 0.4) is 0 Å². The van der Waals surface area contributed by atoms with Crippen LogP contribution in [0.1, 0.15) is 51.9 Å². The van der Waals surface area contributed by atoms with Gasteiger partial charge in [-0.1, -0.05) is 13.3 Å². The maximum atomic E-state index is 2.44. The zero-order valence-corrected chi connectivity index (χ0v) is 8.18. The standard InChI is InChI=1S/C12H20/c1-2-12-7-3-4-10(12)8-9-5-6-11(9)12/h9-11H,2-8H2,1H3/t9?,10-,11?,12?/m1/s1. The maximum absolute atomic E-state index is 2.44. The van der Waals surface area contributed by atoms with Crippen LogP contribution in [-0.2, 0) is 0 Å². The van der Waals surface area contributed by atoms with E-state index in [1.54, 1.807) is 38.5 Å². The summed E-state index contributed by atoms with van der Waals surface area (Å²) in [6, 6.07) is 0. The van der Waals surface area contributed by atoms with Crippen LogP contribution in [0.4, 0.5) is 0 Å². The largest absolute Gasteiger partial charge is 0.0648 e. The molecule has 0 aliphatic heterocycles. The normalized spacial score (nSPS) is 56.2. The smallest absolute Gasteiger partial charge is 0.0241 e. The third-order valence-corrected chi connectivity index (χ3v) is 5.41. The van der Waals surface area contributed by atoms with E-state index in [2.05, 4.69) is 6.92 Å². The lowest BCUT2D eigenvalue weighted by Crippen LogP contribution is -2.34. The molecule has 0 radical (unpaired) electrons. The quantitative estimate of drug-likeness (QED) is 0.555. The molecule has 0 N–H and O–H groups in total. The first-order valence-electron chi connectivity index (χ1n) is 5.87. The van der Waals surface area contributed by atoms with E-state index < -0.39 is 0 Å². The van der Waals surface area contributed by atoms with Crippen molar-refractivity contribution >= 4 is 0 Å². The van der Waals surface area contributed by atoms with Crippen molar-refractivity contribution in [2.24, 2.45) is 23.2 Å². The molecule has 3 aliphatic carbocycles. The Labute approximate surface area is 75.7 Å². The highest BCUT2D eigenvalue weighted by atomic mass is 14.6. The minimum Gasteiger partial charge on any atom is -0.0648 e. The molecular weight excluding hydrogens is 144 g/mol. The van der Waals surface area contributed by atoms with Crippen LogP contribution in [0.5, 0.6) is 0 Å². The summed E-state index contributed by atoms with van der Waals surface area (Å²) in [7, 11) is 0. The van der Waals surface area contributed by atoms with Gasteiger partial charge in [-0.2, -0.15) is 0 Å². The van der Waals surface area contributed by atoms with Gasteiger partial charge in [-0.15, -0.1) is 0 Å². The Morgan fingerprint density at radius 3 is 2.83 bits per heavy atom. The van der Waals surface area contributed by atoms with E-state index >= 15 is 0 Å². The summed E-state index contributed by atoms with van der Waals surface area (Å²) in [6.07, 6.45) is 10.9. The first kappa shape index (κ1) is 7.41. The molecule has 0 saturated heterocycles. The molecule has 68 valence electrons. The summed E-state index contributed by atoms with van der Waals surface area (Å²) in [5, 5.41) is 0. The van der Waals surface area contributed by atoms with Crippen molar-refractivity contribution in [1.82, 2.24) is 0 Å². The molecule has 0 heteroatoms. The lowest BCUT2D eigenvalue weighted by atomic mass is 9.62.